The van der Waals surface area contributed by atoms with Crippen LogP contribution in [0.25, 0.3) is 0 Å². The number of ether oxygens (including phenoxy) is 1. The molecular weight excluding hydrogens is 374 g/mol. The highest BCUT2D eigenvalue weighted by atomic mass is 32.2. The number of aliphatic imine (C=N–C) groups is 1. The van der Waals surface area contributed by atoms with Crippen molar-refractivity contribution in [1.29, 1.82) is 0 Å². The molecule has 0 fully saturated rings. The van der Waals surface area contributed by atoms with Crippen LogP contribution in [0.4, 0.5) is 0 Å². The van der Waals surface area contributed by atoms with Gasteiger partial charge in [-0.25, -0.2) is 0 Å². The van der Waals surface area contributed by atoms with Gasteiger partial charge in [-0.3, -0.25) is 4.99 Å². The van der Waals surface area contributed by atoms with Gasteiger partial charge in [-0.15, -0.1) is 0 Å². The molecule has 1 unspecified atom stereocenters. The number of nitrogens with zero attached hydrogens (tertiary/aromatic N) is 1. The first-order chi connectivity index (χ1) is 13.6. The standard InChI is InChI=1S/C21H31N3O3S/c1-16(2)27-19-7-4-6-17(14-19)20(25)15-24-21(23-11-13-28-3)22-10-9-18-8-5-12-26-18/h4-8,12,14,16,20,25H,9-11,13,15H2,1-3H3,(H2,22,23,24). The molecule has 3 N–H and O–H groups in total. The maximum absolute atomic E-state index is 10.5. The predicted molar refractivity (Wildman–Crippen MR) is 116 cm³/mol. The molecule has 0 aliphatic rings. The van der Waals surface area contributed by atoms with Crippen LogP contribution >= 0.6 is 11.8 Å². The summed E-state index contributed by atoms with van der Waals surface area (Å²) in [7, 11) is 0. The second-order valence-electron chi connectivity index (χ2n) is 6.62. The predicted octanol–water partition coefficient (Wildman–Crippen LogP) is 3.24. The minimum atomic E-state index is -0.695. The van der Waals surface area contributed by atoms with Gasteiger partial charge in [0.15, 0.2) is 5.96 Å². The van der Waals surface area contributed by atoms with E-state index in [1.165, 1.54) is 0 Å². The summed E-state index contributed by atoms with van der Waals surface area (Å²) in [5, 5.41) is 17.1. The Kier molecular flexibility index (Phi) is 9.79. The molecular formula is C21H31N3O3S. The third-order valence-corrected chi connectivity index (χ3v) is 4.49. The van der Waals surface area contributed by atoms with Gasteiger partial charge < -0.3 is 24.9 Å². The number of hydrogen-bond donors (Lipinski definition) is 3. The molecule has 0 amide bonds. The van der Waals surface area contributed by atoms with Crippen molar-refractivity contribution >= 4 is 17.7 Å². The maximum atomic E-state index is 10.5. The van der Waals surface area contributed by atoms with Crippen LogP contribution in [0.1, 0.15) is 31.3 Å². The van der Waals surface area contributed by atoms with E-state index in [0.29, 0.717) is 12.5 Å². The van der Waals surface area contributed by atoms with E-state index in [0.717, 1.165) is 35.8 Å². The molecule has 0 aliphatic heterocycles. The highest BCUT2D eigenvalue weighted by molar-refractivity contribution is 7.98. The first kappa shape index (κ1) is 22.2. The Hall–Kier alpha value is -2.12. The minimum Gasteiger partial charge on any atom is -0.491 e. The van der Waals surface area contributed by atoms with E-state index in [1.807, 2.05) is 50.2 Å². The number of hydrogen-bond acceptors (Lipinski definition) is 5. The summed E-state index contributed by atoms with van der Waals surface area (Å²) in [5.41, 5.74) is 0.793. The molecule has 0 radical (unpaired) electrons. The Bertz CT molecular complexity index is 705. The van der Waals surface area contributed by atoms with Crippen LogP contribution in [0.3, 0.4) is 0 Å². The van der Waals surface area contributed by atoms with Gasteiger partial charge in [0, 0.05) is 25.3 Å². The average molecular weight is 406 g/mol. The third kappa shape index (κ3) is 8.27. The lowest BCUT2D eigenvalue weighted by Gasteiger charge is -2.15. The van der Waals surface area contributed by atoms with Gasteiger partial charge in [-0.1, -0.05) is 12.1 Å². The SMILES string of the molecule is CSCCNC(=NCC(O)c1cccc(OC(C)C)c1)NCCc1ccco1. The third-order valence-electron chi connectivity index (χ3n) is 3.88. The van der Waals surface area contributed by atoms with Crippen LogP contribution in [-0.2, 0) is 6.42 Å². The number of aliphatic hydroxyl groups is 1. The zero-order valence-electron chi connectivity index (χ0n) is 16.9. The summed E-state index contributed by atoms with van der Waals surface area (Å²) >= 11 is 1.77. The number of benzene rings is 1. The molecule has 1 aromatic heterocycles. The van der Waals surface area contributed by atoms with E-state index in [2.05, 4.69) is 21.9 Å². The number of rotatable bonds is 11. The molecule has 7 heteroatoms. The molecule has 154 valence electrons. The van der Waals surface area contributed by atoms with Gasteiger partial charge in [0.25, 0.3) is 0 Å². The number of aliphatic hydroxyl groups excluding tert-OH is 1. The van der Waals surface area contributed by atoms with E-state index in [1.54, 1.807) is 18.0 Å². The largest absolute Gasteiger partial charge is 0.491 e. The van der Waals surface area contributed by atoms with E-state index in [9.17, 15) is 5.11 Å². The molecule has 28 heavy (non-hydrogen) atoms. The Morgan fingerprint density at radius 2 is 2.04 bits per heavy atom. The topological polar surface area (TPSA) is 79.0 Å². The Balaban J connectivity index is 1.93. The summed E-state index contributed by atoms with van der Waals surface area (Å²) in [6.07, 6.45) is 3.91. The molecule has 0 saturated heterocycles. The van der Waals surface area contributed by atoms with Gasteiger partial charge in [0.1, 0.15) is 11.5 Å². The monoisotopic (exact) mass is 405 g/mol. The van der Waals surface area contributed by atoms with Gasteiger partial charge in [0.05, 0.1) is 25.0 Å². The average Bonchev–Trinajstić information content (AvgIpc) is 3.18. The first-order valence-corrected chi connectivity index (χ1v) is 11.0. The maximum Gasteiger partial charge on any atom is 0.191 e. The van der Waals surface area contributed by atoms with Crippen LogP contribution < -0.4 is 15.4 Å². The Labute approximate surface area is 171 Å². The molecule has 2 aromatic rings. The van der Waals surface area contributed by atoms with Crippen molar-refractivity contribution in [3.8, 4) is 5.75 Å². The zero-order chi connectivity index (χ0) is 20.2. The van der Waals surface area contributed by atoms with Gasteiger partial charge in [-0.2, -0.15) is 11.8 Å². The van der Waals surface area contributed by atoms with Gasteiger partial charge >= 0.3 is 0 Å². The smallest absolute Gasteiger partial charge is 0.191 e. The number of furan rings is 1. The fourth-order valence-electron chi connectivity index (χ4n) is 2.56. The summed E-state index contributed by atoms with van der Waals surface area (Å²) < 4.78 is 11.1. The van der Waals surface area contributed by atoms with Crippen molar-refractivity contribution in [1.82, 2.24) is 10.6 Å². The number of nitrogens with one attached hydrogen (secondary N) is 2. The molecule has 1 heterocycles. The molecule has 1 aromatic carbocycles. The van der Waals surface area contributed by atoms with Crippen LogP contribution in [0.5, 0.6) is 5.75 Å². The Morgan fingerprint density at radius 3 is 2.75 bits per heavy atom. The molecule has 0 bridgehead atoms. The molecule has 2 rings (SSSR count). The second-order valence-corrected chi connectivity index (χ2v) is 7.61. The lowest BCUT2D eigenvalue weighted by Crippen LogP contribution is -2.39. The highest BCUT2D eigenvalue weighted by Crippen LogP contribution is 2.20. The minimum absolute atomic E-state index is 0.0935. The molecule has 0 aliphatic carbocycles. The quantitative estimate of drug-likeness (QED) is 0.303. The lowest BCUT2D eigenvalue weighted by molar-refractivity contribution is 0.185. The summed E-state index contributed by atoms with van der Waals surface area (Å²) in [6, 6.07) is 11.4. The van der Waals surface area contributed by atoms with Crippen molar-refractivity contribution in [2.24, 2.45) is 4.99 Å². The van der Waals surface area contributed by atoms with Crippen LogP contribution in [-0.4, -0.2) is 48.8 Å². The van der Waals surface area contributed by atoms with E-state index in [-0.39, 0.29) is 12.6 Å². The number of guanidine groups is 1. The lowest BCUT2D eigenvalue weighted by atomic mass is 10.1. The zero-order valence-corrected chi connectivity index (χ0v) is 17.7. The normalized spacial score (nSPS) is 12.8. The highest BCUT2D eigenvalue weighted by Gasteiger charge is 2.10. The molecule has 0 spiro atoms. The number of thioether (sulfide) groups is 1. The van der Waals surface area contributed by atoms with Crippen molar-refractivity contribution < 1.29 is 14.3 Å². The van der Waals surface area contributed by atoms with E-state index < -0.39 is 6.10 Å². The first-order valence-electron chi connectivity index (χ1n) is 9.56. The Morgan fingerprint density at radius 1 is 1.21 bits per heavy atom. The van der Waals surface area contributed by atoms with Crippen molar-refractivity contribution in [3.05, 3.63) is 54.0 Å². The van der Waals surface area contributed by atoms with Crippen molar-refractivity contribution in [3.63, 3.8) is 0 Å². The van der Waals surface area contributed by atoms with Gasteiger partial charge in [-0.05, 0) is 49.9 Å². The summed E-state index contributed by atoms with van der Waals surface area (Å²) in [5.74, 6) is 3.35. The van der Waals surface area contributed by atoms with Crippen molar-refractivity contribution in [2.45, 2.75) is 32.5 Å². The molecule has 0 saturated carbocycles. The van der Waals surface area contributed by atoms with Gasteiger partial charge in [0.2, 0.25) is 0 Å². The van der Waals surface area contributed by atoms with E-state index >= 15 is 0 Å². The van der Waals surface area contributed by atoms with Crippen LogP contribution in [0, 0.1) is 0 Å². The fourth-order valence-corrected chi connectivity index (χ4v) is 2.86. The van der Waals surface area contributed by atoms with Crippen molar-refractivity contribution in [2.75, 3.05) is 31.6 Å². The van der Waals surface area contributed by atoms with Crippen LogP contribution in [0.15, 0.2) is 52.1 Å². The molecule has 1 atom stereocenters. The molecule has 6 nitrogen and oxygen atoms in total. The summed E-state index contributed by atoms with van der Waals surface area (Å²) in [4.78, 5) is 4.55. The van der Waals surface area contributed by atoms with E-state index in [4.69, 9.17) is 9.15 Å². The fraction of sp³-hybridized carbons (Fsp3) is 0.476. The van der Waals surface area contributed by atoms with Crippen LogP contribution in [0.2, 0.25) is 0 Å². The second kappa shape index (κ2) is 12.4. The summed E-state index contributed by atoms with van der Waals surface area (Å²) in [6.45, 7) is 5.73.